The SMILES string of the molecule is C=CCC1CCNC1CNC1CCCC1. The van der Waals surface area contributed by atoms with Gasteiger partial charge in [0.25, 0.3) is 0 Å². The Kier molecular flexibility index (Phi) is 4.21. The highest BCUT2D eigenvalue weighted by atomic mass is 15.0. The number of hydrogen-bond acceptors (Lipinski definition) is 2. The molecule has 15 heavy (non-hydrogen) atoms. The maximum atomic E-state index is 3.85. The first-order valence-corrected chi connectivity index (χ1v) is 6.48. The summed E-state index contributed by atoms with van der Waals surface area (Å²) in [5.41, 5.74) is 0. The molecule has 0 spiro atoms. The van der Waals surface area contributed by atoms with Crippen molar-refractivity contribution < 1.29 is 0 Å². The lowest BCUT2D eigenvalue weighted by Gasteiger charge is -2.21. The smallest absolute Gasteiger partial charge is 0.0224 e. The Labute approximate surface area is 93.5 Å². The van der Waals surface area contributed by atoms with Gasteiger partial charge in [-0.05, 0) is 38.1 Å². The van der Waals surface area contributed by atoms with Gasteiger partial charge in [0.1, 0.15) is 0 Å². The molecule has 2 aliphatic rings. The molecule has 0 aromatic rings. The Morgan fingerprint density at radius 1 is 1.27 bits per heavy atom. The second kappa shape index (κ2) is 5.66. The summed E-state index contributed by atoms with van der Waals surface area (Å²) in [6.45, 7) is 6.19. The van der Waals surface area contributed by atoms with Crippen molar-refractivity contribution in [1.82, 2.24) is 10.6 Å². The van der Waals surface area contributed by atoms with E-state index in [1.807, 2.05) is 0 Å². The zero-order valence-electron chi connectivity index (χ0n) is 9.67. The summed E-state index contributed by atoms with van der Waals surface area (Å²) in [4.78, 5) is 0. The van der Waals surface area contributed by atoms with E-state index in [2.05, 4.69) is 23.3 Å². The van der Waals surface area contributed by atoms with E-state index in [0.29, 0.717) is 6.04 Å². The van der Waals surface area contributed by atoms with Gasteiger partial charge in [-0.25, -0.2) is 0 Å². The third-order valence-electron chi connectivity index (χ3n) is 3.94. The van der Waals surface area contributed by atoms with Crippen LogP contribution in [0, 0.1) is 5.92 Å². The highest BCUT2D eigenvalue weighted by Crippen LogP contribution is 2.21. The van der Waals surface area contributed by atoms with E-state index >= 15 is 0 Å². The van der Waals surface area contributed by atoms with Crippen LogP contribution < -0.4 is 10.6 Å². The van der Waals surface area contributed by atoms with Crippen molar-refractivity contribution in [2.75, 3.05) is 13.1 Å². The van der Waals surface area contributed by atoms with Gasteiger partial charge in [-0.3, -0.25) is 0 Å². The number of rotatable bonds is 5. The first-order chi connectivity index (χ1) is 7.40. The Bertz CT molecular complexity index is 197. The van der Waals surface area contributed by atoms with E-state index < -0.39 is 0 Å². The monoisotopic (exact) mass is 208 g/mol. The van der Waals surface area contributed by atoms with Crippen LogP contribution in [0.2, 0.25) is 0 Å². The fourth-order valence-corrected chi connectivity index (χ4v) is 2.98. The average molecular weight is 208 g/mol. The summed E-state index contributed by atoms with van der Waals surface area (Å²) in [7, 11) is 0. The molecular weight excluding hydrogens is 184 g/mol. The van der Waals surface area contributed by atoms with Gasteiger partial charge in [0.15, 0.2) is 0 Å². The molecule has 1 saturated heterocycles. The van der Waals surface area contributed by atoms with Crippen molar-refractivity contribution in [3.8, 4) is 0 Å². The summed E-state index contributed by atoms with van der Waals surface area (Å²) >= 11 is 0. The number of hydrogen-bond donors (Lipinski definition) is 2. The zero-order chi connectivity index (χ0) is 10.5. The van der Waals surface area contributed by atoms with Crippen LogP contribution in [-0.4, -0.2) is 25.2 Å². The Hall–Kier alpha value is -0.340. The van der Waals surface area contributed by atoms with Crippen molar-refractivity contribution in [3.63, 3.8) is 0 Å². The zero-order valence-corrected chi connectivity index (χ0v) is 9.67. The minimum Gasteiger partial charge on any atom is -0.312 e. The third-order valence-corrected chi connectivity index (χ3v) is 3.94. The van der Waals surface area contributed by atoms with E-state index in [-0.39, 0.29) is 0 Å². The van der Waals surface area contributed by atoms with Gasteiger partial charge >= 0.3 is 0 Å². The van der Waals surface area contributed by atoms with E-state index in [4.69, 9.17) is 0 Å². The maximum absolute atomic E-state index is 3.85. The average Bonchev–Trinajstić information content (AvgIpc) is 2.85. The van der Waals surface area contributed by atoms with E-state index in [1.54, 1.807) is 0 Å². The molecule has 2 rings (SSSR count). The van der Waals surface area contributed by atoms with Gasteiger partial charge in [-0.15, -0.1) is 6.58 Å². The molecule has 0 radical (unpaired) electrons. The Morgan fingerprint density at radius 2 is 2.07 bits per heavy atom. The van der Waals surface area contributed by atoms with Crippen molar-refractivity contribution in [1.29, 1.82) is 0 Å². The molecule has 1 aliphatic carbocycles. The standard InChI is InChI=1S/C13H24N2/c1-2-5-11-8-9-14-13(11)10-15-12-6-3-4-7-12/h2,11-15H,1,3-10H2. The van der Waals surface area contributed by atoms with Gasteiger partial charge in [0.05, 0.1) is 0 Å². The van der Waals surface area contributed by atoms with Crippen LogP contribution in [0.15, 0.2) is 12.7 Å². The molecule has 86 valence electrons. The molecule has 2 fully saturated rings. The van der Waals surface area contributed by atoms with Gasteiger partial charge in [-0.2, -0.15) is 0 Å². The van der Waals surface area contributed by atoms with E-state index in [0.717, 1.165) is 18.5 Å². The second-order valence-electron chi connectivity index (χ2n) is 5.02. The van der Waals surface area contributed by atoms with Crippen LogP contribution >= 0.6 is 0 Å². The molecule has 2 unspecified atom stereocenters. The van der Waals surface area contributed by atoms with Gasteiger partial charge < -0.3 is 10.6 Å². The fraction of sp³-hybridized carbons (Fsp3) is 0.846. The highest BCUT2D eigenvalue weighted by molar-refractivity contribution is 4.90. The van der Waals surface area contributed by atoms with Crippen molar-refractivity contribution in [2.24, 2.45) is 5.92 Å². The van der Waals surface area contributed by atoms with Crippen molar-refractivity contribution in [3.05, 3.63) is 12.7 Å². The third kappa shape index (κ3) is 3.05. The molecule has 1 aliphatic heterocycles. The van der Waals surface area contributed by atoms with Crippen molar-refractivity contribution in [2.45, 2.75) is 50.6 Å². The summed E-state index contributed by atoms with van der Waals surface area (Å²) < 4.78 is 0. The quantitative estimate of drug-likeness (QED) is 0.676. The van der Waals surface area contributed by atoms with Crippen LogP contribution in [0.3, 0.4) is 0 Å². The molecule has 2 heteroatoms. The van der Waals surface area contributed by atoms with Crippen LogP contribution in [0.4, 0.5) is 0 Å². The molecule has 2 N–H and O–H groups in total. The summed E-state index contributed by atoms with van der Waals surface area (Å²) in [5, 5.41) is 7.32. The largest absolute Gasteiger partial charge is 0.312 e. The minimum absolute atomic E-state index is 0.684. The van der Waals surface area contributed by atoms with E-state index in [9.17, 15) is 0 Å². The molecule has 1 saturated carbocycles. The van der Waals surface area contributed by atoms with E-state index in [1.165, 1.54) is 45.1 Å². The lowest BCUT2D eigenvalue weighted by Crippen LogP contribution is -2.41. The summed E-state index contributed by atoms with van der Waals surface area (Å²) in [6, 6.07) is 1.49. The predicted octanol–water partition coefficient (Wildman–Crippen LogP) is 2.07. The van der Waals surface area contributed by atoms with Gasteiger partial charge in [0.2, 0.25) is 0 Å². The normalized spacial score (nSPS) is 32.3. The molecule has 0 aromatic heterocycles. The van der Waals surface area contributed by atoms with Gasteiger partial charge in [-0.1, -0.05) is 18.9 Å². The second-order valence-corrected chi connectivity index (χ2v) is 5.02. The first-order valence-electron chi connectivity index (χ1n) is 6.48. The molecule has 2 nitrogen and oxygen atoms in total. The highest BCUT2D eigenvalue weighted by Gasteiger charge is 2.26. The molecule has 0 aromatic carbocycles. The lowest BCUT2D eigenvalue weighted by molar-refractivity contribution is 0.397. The van der Waals surface area contributed by atoms with Crippen molar-refractivity contribution >= 4 is 0 Å². The molecular formula is C13H24N2. The van der Waals surface area contributed by atoms with Crippen LogP contribution in [0.25, 0.3) is 0 Å². The summed E-state index contributed by atoms with van der Waals surface area (Å²) in [6.07, 6.45) is 10.2. The lowest BCUT2D eigenvalue weighted by atomic mass is 9.96. The Balaban J connectivity index is 1.70. The molecule has 0 amide bonds. The topological polar surface area (TPSA) is 24.1 Å². The number of allylic oxidation sites excluding steroid dienone is 1. The molecule has 1 heterocycles. The minimum atomic E-state index is 0.684. The Morgan fingerprint density at radius 3 is 2.80 bits per heavy atom. The first kappa shape index (κ1) is 11.2. The van der Waals surface area contributed by atoms with Crippen LogP contribution in [0.1, 0.15) is 38.5 Å². The summed E-state index contributed by atoms with van der Waals surface area (Å²) in [5.74, 6) is 0.816. The van der Waals surface area contributed by atoms with Crippen LogP contribution in [-0.2, 0) is 0 Å². The van der Waals surface area contributed by atoms with Crippen LogP contribution in [0.5, 0.6) is 0 Å². The molecule has 0 bridgehead atoms. The maximum Gasteiger partial charge on any atom is 0.0224 e. The predicted molar refractivity (Wildman–Crippen MR) is 65.0 cm³/mol. The fourth-order valence-electron chi connectivity index (χ4n) is 2.98. The number of nitrogens with one attached hydrogen (secondary N) is 2. The van der Waals surface area contributed by atoms with Gasteiger partial charge in [0, 0.05) is 18.6 Å². The molecule has 2 atom stereocenters.